The van der Waals surface area contributed by atoms with E-state index in [-0.39, 0.29) is 12.3 Å². The monoisotopic (exact) mass is 213 g/mol. The number of aliphatic hydroxyl groups is 1. The van der Waals surface area contributed by atoms with Gasteiger partial charge in [-0.25, -0.2) is 9.79 Å². The van der Waals surface area contributed by atoms with Crippen LogP contribution in [0.3, 0.4) is 0 Å². The van der Waals surface area contributed by atoms with Crippen molar-refractivity contribution in [1.29, 1.82) is 0 Å². The third kappa shape index (κ3) is 2.17. The van der Waals surface area contributed by atoms with E-state index >= 15 is 0 Å². The van der Waals surface area contributed by atoms with Gasteiger partial charge in [0.05, 0.1) is 24.3 Å². The maximum absolute atomic E-state index is 11.4. The Morgan fingerprint density at radius 2 is 2.36 bits per heavy atom. The van der Waals surface area contributed by atoms with Crippen LogP contribution in [0.4, 0.5) is 0 Å². The molecule has 0 unspecified atom stereocenters. The quantitative estimate of drug-likeness (QED) is 0.558. The first kappa shape index (κ1) is 10.8. The van der Waals surface area contributed by atoms with Gasteiger partial charge in [-0.2, -0.15) is 0 Å². The van der Waals surface area contributed by atoms with Crippen LogP contribution in [0.5, 0.6) is 0 Å². The maximum Gasteiger partial charge on any atom is 0.341 e. The standard InChI is InChI=1S/C9H11NO3S/c1-3-13-9(12)8-5(2)10-7(11)4-6(8)14/h3-4H2,1-2H3,(H,10,11). The van der Waals surface area contributed by atoms with Crippen molar-refractivity contribution in [1.82, 2.24) is 0 Å². The molecule has 0 atom stereocenters. The highest BCUT2D eigenvalue weighted by atomic mass is 32.1. The number of thiocarbonyl (C=S) groups is 1. The molecule has 1 N–H and O–H groups in total. The van der Waals surface area contributed by atoms with Crippen LogP contribution in [-0.4, -0.2) is 28.4 Å². The lowest BCUT2D eigenvalue weighted by molar-refractivity contribution is -0.137. The molecule has 0 amide bonds. The number of esters is 1. The van der Waals surface area contributed by atoms with Crippen molar-refractivity contribution in [3.63, 3.8) is 0 Å². The van der Waals surface area contributed by atoms with Gasteiger partial charge in [0.25, 0.3) is 0 Å². The molecule has 0 aromatic rings. The lowest BCUT2D eigenvalue weighted by Crippen LogP contribution is -2.22. The average molecular weight is 213 g/mol. The Morgan fingerprint density at radius 1 is 1.71 bits per heavy atom. The van der Waals surface area contributed by atoms with Crippen LogP contribution in [0, 0.1) is 0 Å². The summed E-state index contributed by atoms with van der Waals surface area (Å²) in [6.45, 7) is 3.64. The Balaban J connectivity index is 3.00. The number of aliphatic hydroxyl groups excluding tert-OH is 1. The maximum atomic E-state index is 11.4. The van der Waals surface area contributed by atoms with Crippen LogP contribution in [0.15, 0.2) is 16.3 Å². The number of ether oxygens (including phenoxy) is 1. The Bertz CT molecular complexity index is 344. The predicted octanol–water partition coefficient (Wildman–Crippen LogP) is 1.55. The first-order valence-corrected chi connectivity index (χ1v) is 4.64. The van der Waals surface area contributed by atoms with Gasteiger partial charge in [-0.1, -0.05) is 12.2 Å². The number of hydrogen-bond donors (Lipinski definition) is 1. The zero-order chi connectivity index (χ0) is 10.7. The number of aliphatic imine (C=N–C) groups is 1. The highest BCUT2D eigenvalue weighted by Gasteiger charge is 2.24. The number of nitrogens with zero attached hydrogens (tertiary/aromatic N) is 1. The lowest BCUT2D eigenvalue weighted by Gasteiger charge is -2.13. The van der Waals surface area contributed by atoms with Crippen LogP contribution in [0.25, 0.3) is 0 Å². The Morgan fingerprint density at radius 3 is 2.86 bits per heavy atom. The molecule has 0 spiro atoms. The third-order valence-electron chi connectivity index (χ3n) is 1.74. The third-order valence-corrected chi connectivity index (χ3v) is 2.08. The number of carbonyl (C=O) groups is 1. The highest BCUT2D eigenvalue weighted by molar-refractivity contribution is 7.81. The van der Waals surface area contributed by atoms with Gasteiger partial charge in [0.15, 0.2) is 5.90 Å². The molecule has 0 radical (unpaired) electrons. The van der Waals surface area contributed by atoms with Crippen molar-refractivity contribution in [2.45, 2.75) is 20.3 Å². The van der Waals surface area contributed by atoms with Crippen LogP contribution in [-0.2, 0) is 9.53 Å². The van der Waals surface area contributed by atoms with E-state index in [0.717, 1.165) is 0 Å². The highest BCUT2D eigenvalue weighted by Crippen LogP contribution is 2.18. The largest absolute Gasteiger partial charge is 0.496 e. The molecule has 1 aliphatic rings. The normalized spacial score (nSPS) is 16.7. The summed E-state index contributed by atoms with van der Waals surface area (Å²) in [7, 11) is 0. The van der Waals surface area contributed by atoms with E-state index < -0.39 is 5.97 Å². The SMILES string of the molecule is CCOC(=O)C1=C(C)N=C(O)CC1=S. The van der Waals surface area contributed by atoms with Gasteiger partial charge in [0.2, 0.25) is 0 Å². The minimum absolute atomic E-state index is 0.0550. The minimum Gasteiger partial charge on any atom is -0.496 e. The molecule has 76 valence electrons. The molecular weight excluding hydrogens is 202 g/mol. The van der Waals surface area contributed by atoms with E-state index in [2.05, 4.69) is 4.99 Å². The molecule has 14 heavy (non-hydrogen) atoms. The van der Waals surface area contributed by atoms with E-state index in [0.29, 0.717) is 22.7 Å². The first-order valence-electron chi connectivity index (χ1n) is 4.24. The van der Waals surface area contributed by atoms with Gasteiger partial charge in [0, 0.05) is 4.86 Å². The van der Waals surface area contributed by atoms with Crippen LogP contribution < -0.4 is 0 Å². The Labute approximate surface area is 87.3 Å². The van der Waals surface area contributed by atoms with Gasteiger partial charge in [-0.05, 0) is 13.8 Å². The fourth-order valence-electron chi connectivity index (χ4n) is 1.19. The summed E-state index contributed by atoms with van der Waals surface area (Å²) in [5.74, 6) is -0.521. The fourth-order valence-corrected chi connectivity index (χ4v) is 1.55. The molecule has 1 rings (SSSR count). The summed E-state index contributed by atoms with van der Waals surface area (Å²) in [6.07, 6.45) is 0.140. The molecule has 0 aromatic heterocycles. The zero-order valence-electron chi connectivity index (χ0n) is 8.03. The first-order chi connectivity index (χ1) is 6.56. The summed E-state index contributed by atoms with van der Waals surface area (Å²) < 4.78 is 4.82. The molecule has 1 heterocycles. The molecule has 5 heteroatoms. The van der Waals surface area contributed by atoms with Gasteiger partial charge in [-0.3, -0.25) is 0 Å². The predicted molar refractivity (Wildman–Crippen MR) is 56.6 cm³/mol. The molecule has 0 aliphatic carbocycles. The molecule has 1 aliphatic heterocycles. The van der Waals surface area contributed by atoms with Crippen molar-refractivity contribution in [3.05, 3.63) is 11.3 Å². The van der Waals surface area contributed by atoms with Crippen molar-refractivity contribution in [2.75, 3.05) is 6.61 Å². The number of allylic oxidation sites excluding steroid dienone is 1. The average Bonchev–Trinajstić information content (AvgIpc) is 2.01. The van der Waals surface area contributed by atoms with E-state index in [4.69, 9.17) is 22.1 Å². The second-order valence-corrected chi connectivity index (χ2v) is 3.30. The van der Waals surface area contributed by atoms with E-state index in [1.54, 1.807) is 13.8 Å². The van der Waals surface area contributed by atoms with Crippen LogP contribution in [0.1, 0.15) is 20.3 Å². The topological polar surface area (TPSA) is 58.9 Å². The van der Waals surface area contributed by atoms with E-state index in [9.17, 15) is 4.79 Å². The fraction of sp³-hybridized carbons (Fsp3) is 0.444. The van der Waals surface area contributed by atoms with Gasteiger partial charge in [0.1, 0.15) is 0 Å². The molecule has 4 nitrogen and oxygen atoms in total. The second kappa shape index (κ2) is 4.32. The van der Waals surface area contributed by atoms with E-state index in [1.165, 1.54) is 0 Å². The molecule has 0 bridgehead atoms. The van der Waals surface area contributed by atoms with Gasteiger partial charge in [-0.15, -0.1) is 0 Å². The van der Waals surface area contributed by atoms with Crippen molar-refractivity contribution >= 4 is 28.9 Å². The van der Waals surface area contributed by atoms with E-state index in [1.807, 2.05) is 0 Å². The Kier molecular flexibility index (Phi) is 3.35. The summed E-state index contributed by atoms with van der Waals surface area (Å²) >= 11 is 4.97. The number of carbonyl (C=O) groups excluding carboxylic acids is 1. The number of hydrogen-bond acceptors (Lipinski definition) is 4. The van der Waals surface area contributed by atoms with Crippen molar-refractivity contribution in [3.8, 4) is 0 Å². The summed E-state index contributed by atoms with van der Waals surface area (Å²) in [6, 6.07) is 0. The van der Waals surface area contributed by atoms with Gasteiger partial charge >= 0.3 is 5.97 Å². The minimum atomic E-state index is -0.466. The van der Waals surface area contributed by atoms with Gasteiger partial charge < -0.3 is 9.84 Å². The van der Waals surface area contributed by atoms with Crippen molar-refractivity contribution < 1.29 is 14.6 Å². The summed E-state index contributed by atoms with van der Waals surface area (Å²) in [4.78, 5) is 15.6. The second-order valence-electron chi connectivity index (χ2n) is 2.81. The van der Waals surface area contributed by atoms with Crippen LogP contribution in [0.2, 0.25) is 0 Å². The van der Waals surface area contributed by atoms with Crippen LogP contribution >= 0.6 is 12.2 Å². The molecule has 0 saturated heterocycles. The lowest BCUT2D eigenvalue weighted by atomic mass is 10.1. The summed E-state index contributed by atoms with van der Waals surface area (Å²) in [5.41, 5.74) is 0.719. The molecule has 0 saturated carbocycles. The molecule has 0 fully saturated rings. The summed E-state index contributed by atoms with van der Waals surface area (Å²) in [5, 5.41) is 9.16. The molecule has 0 aromatic carbocycles. The number of rotatable bonds is 2. The Hall–Kier alpha value is -1.23. The molecular formula is C9H11NO3S. The zero-order valence-corrected chi connectivity index (χ0v) is 8.85. The smallest absolute Gasteiger partial charge is 0.341 e. The van der Waals surface area contributed by atoms with Crippen molar-refractivity contribution in [2.24, 2.45) is 4.99 Å².